The van der Waals surface area contributed by atoms with E-state index in [1.807, 2.05) is 86.6 Å². The minimum atomic E-state index is -0.457. The number of ether oxygens (including phenoxy) is 1. The highest BCUT2D eigenvalue weighted by Gasteiger charge is 2.15. The molecular formula is C18H34BrNO2. The molecule has 0 saturated heterocycles. The summed E-state index contributed by atoms with van der Waals surface area (Å²) in [5.41, 5.74) is 0.571. The van der Waals surface area contributed by atoms with Crippen molar-refractivity contribution in [1.29, 1.82) is 0 Å². The lowest BCUT2D eigenvalue weighted by Gasteiger charge is -2.19. The topological polar surface area (TPSA) is 38.3 Å². The molecule has 0 fully saturated rings. The third kappa shape index (κ3) is 17.0. The number of rotatable bonds is 2. The Kier molecular flexibility index (Phi) is 19.2. The second-order valence-electron chi connectivity index (χ2n) is 4.49. The van der Waals surface area contributed by atoms with Crippen LogP contribution in [-0.2, 0) is 11.3 Å². The van der Waals surface area contributed by atoms with Gasteiger partial charge in [0.05, 0.1) is 0 Å². The van der Waals surface area contributed by atoms with Crippen molar-refractivity contribution in [2.75, 3.05) is 0 Å². The zero-order chi connectivity index (χ0) is 18.2. The van der Waals surface area contributed by atoms with Crippen molar-refractivity contribution in [3.8, 4) is 0 Å². The fourth-order valence-corrected chi connectivity index (χ4v) is 1.58. The van der Waals surface area contributed by atoms with Crippen LogP contribution in [0.1, 0.15) is 67.9 Å². The molecule has 3 nitrogen and oxygen atoms in total. The van der Waals surface area contributed by atoms with Crippen LogP contribution in [-0.4, -0.2) is 11.7 Å². The quantitative estimate of drug-likeness (QED) is 0.635. The first-order chi connectivity index (χ1) is 10.4. The Bertz CT molecular complexity index is 374. The lowest BCUT2D eigenvalue weighted by atomic mass is 10.2. The van der Waals surface area contributed by atoms with Crippen molar-refractivity contribution in [2.45, 2.75) is 74.5 Å². The molecule has 1 rings (SSSR count). The largest absolute Gasteiger partial charge is 0.444 e. The minimum Gasteiger partial charge on any atom is -0.444 e. The lowest BCUT2D eigenvalue weighted by molar-refractivity contribution is 0.0523. The van der Waals surface area contributed by atoms with Gasteiger partial charge in [-0.1, -0.05) is 69.6 Å². The minimum absolute atomic E-state index is 0.396. The predicted octanol–water partition coefficient (Wildman–Crippen LogP) is 6.55. The summed E-state index contributed by atoms with van der Waals surface area (Å²) in [4.78, 5) is 11.4. The zero-order valence-electron chi connectivity index (χ0n) is 15.7. The van der Waals surface area contributed by atoms with Crippen LogP contribution in [0, 0.1) is 0 Å². The van der Waals surface area contributed by atoms with Crippen molar-refractivity contribution < 1.29 is 9.53 Å². The van der Waals surface area contributed by atoms with Crippen LogP contribution in [0.15, 0.2) is 28.7 Å². The molecule has 0 heterocycles. The zero-order valence-corrected chi connectivity index (χ0v) is 17.3. The number of benzene rings is 1. The van der Waals surface area contributed by atoms with E-state index in [2.05, 4.69) is 21.2 Å². The Labute approximate surface area is 146 Å². The van der Waals surface area contributed by atoms with Gasteiger partial charge in [0.25, 0.3) is 0 Å². The van der Waals surface area contributed by atoms with Crippen LogP contribution in [0.2, 0.25) is 0 Å². The molecule has 0 atom stereocenters. The summed E-state index contributed by atoms with van der Waals surface area (Å²) in [7, 11) is 0. The van der Waals surface area contributed by atoms with Crippen molar-refractivity contribution in [3.63, 3.8) is 0 Å². The van der Waals surface area contributed by atoms with Crippen LogP contribution >= 0.6 is 15.9 Å². The molecule has 1 aromatic rings. The van der Waals surface area contributed by atoms with Crippen LogP contribution < -0.4 is 5.32 Å². The van der Waals surface area contributed by atoms with Crippen LogP contribution in [0.25, 0.3) is 0 Å². The third-order valence-corrected chi connectivity index (χ3v) is 2.22. The number of carbonyl (C=O) groups is 1. The van der Waals surface area contributed by atoms with Crippen molar-refractivity contribution in [3.05, 3.63) is 34.3 Å². The van der Waals surface area contributed by atoms with Crippen LogP contribution in [0.5, 0.6) is 0 Å². The van der Waals surface area contributed by atoms with E-state index >= 15 is 0 Å². The van der Waals surface area contributed by atoms with E-state index in [-0.39, 0.29) is 0 Å². The van der Waals surface area contributed by atoms with Gasteiger partial charge in [0, 0.05) is 11.0 Å². The van der Waals surface area contributed by atoms with Crippen molar-refractivity contribution >= 4 is 22.0 Å². The Balaban J connectivity index is -0.000000535. The molecule has 0 aliphatic rings. The molecule has 1 aromatic carbocycles. The Morgan fingerprint density at radius 1 is 1.09 bits per heavy atom. The maximum absolute atomic E-state index is 11.4. The van der Waals surface area contributed by atoms with Gasteiger partial charge < -0.3 is 10.1 Å². The summed E-state index contributed by atoms with van der Waals surface area (Å²) in [6.07, 6.45) is -0.396. The predicted molar refractivity (Wildman–Crippen MR) is 101 cm³/mol. The number of halogens is 1. The van der Waals surface area contributed by atoms with Crippen LogP contribution in [0.4, 0.5) is 4.79 Å². The molecule has 0 radical (unpaired) electrons. The highest BCUT2D eigenvalue weighted by atomic mass is 79.9. The average molecular weight is 376 g/mol. The average Bonchev–Trinajstić information content (AvgIpc) is 2.50. The molecule has 130 valence electrons. The van der Waals surface area contributed by atoms with Gasteiger partial charge in [-0.05, 0) is 38.5 Å². The fraction of sp³-hybridized carbons (Fsp3) is 0.611. The molecule has 1 amide bonds. The summed E-state index contributed by atoms with van der Waals surface area (Å²) in [6, 6.07) is 7.77. The monoisotopic (exact) mass is 375 g/mol. The molecule has 0 aliphatic carbocycles. The summed E-state index contributed by atoms with van der Waals surface area (Å²) >= 11 is 3.37. The molecule has 22 heavy (non-hydrogen) atoms. The number of carbonyl (C=O) groups excluding carboxylic acids is 1. The molecule has 0 aliphatic heterocycles. The second kappa shape index (κ2) is 16.3. The van der Waals surface area contributed by atoms with E-state index in [1.54, 1.807) is 0 Å². The number of alkyl carbamates (subject to hydrolysis) is 1. The highest BCUT2D eigenvalue weighted by molar-refractivity contribution is 9.10. The van der Waals surface area contributed by atoms with Gasteiger partial charge in [-0.3, -0.25) is 0 Å². The smallest absolute Gasteiger partial charge is 0.407 e. The van der Waals surface area contributed by atoms with Gasteiger partial charge in [-0.2, -0.15) is 0 Å². The standard InChI is InChI=1S/C12H16BrNO2.3C2H6/c1-12(2,3)16-11(15)14-8-9-5-4-6-10(13)7-9;3*1-2/h4-7H,8H2,1-3H3,(H,14,15);3*1-2H3. The molecule has 0 aromatic heterocycles. The second-order valence-corrected chi connectivity index (χ2v) is 5.40. The van der Waals surface area contributed by atoms with Crippen molar-refractivity contribution in [1.82, 2.24) is 5.32 Å². The maximum Gasteiger partial charge on any atom is 0.407 e. The normalized spacial score (nSPS) is 8.82. The number of nitrogens with one attached hydrogen (secondary N) is 1. The maximum atomic E-state index is 11.4. The molecule has 0 bridgehead atoms. The molecule has 0 unspecified atom stereocenters. The van der Waals surface area contributed by atoms with Gasteiger partial charge in [0.2, 0.25) is 0 Å². The van der Waals surface area contributed by atoms with E-state index in [0.717, 1.165) is 10.0 Å². The Morgan fingerprint density at radius 2 is 1.59 bits per heavy atom. The van der Waals surface area contributed by atoms with E-state index in [0.29, 0.717) is 6.54 Å². The van der Waals surface area contributed by atoms with Gasteiger partial charge in [0.1, 0.15) is 5.60 Å². The summed E-state index contributed by atoms with van der Waals surface area (Å²) in [5.74, 6) is 0. The number of hydrogen-bond donors (Lipinski definition) is 1. The fourth-order valence-electron chi connectivity index (χ4n) is 1.14. The first-order valence-corrected chi connectivity index (χ1v) is 8.87. The highest BCUT2D eigenvalue weighted by Crippen LogP contribution is 2.12. The Hall–Kier alpha value is -1.03. The van der Waals surface area contributed by atoms with E-state index in [4.69, 9.17) is 4.74 Å². The van der Waals surface area contributed by atoms with E-state index in [1.165, 1.54) is 0 Å². The number of amides is 1. The van der Waals surface area contributed by atoms with E-state index < -0.39 is 11.7 Å². The summed E-state index contributed by atoms with van der Waals surface area (Å²) in [5, 5.41) is 2.70. The molecular weight excluding hydrogens is 342 g/mol. The van der Waals surface area contributed by atoms with E-state index in [9.17, 15) is 4.79 Å². The van der Waals surface area contributed by atoms with Gasteiger partial charge in [-0.25, -0.2) is 4.79 Å². The first kappa shape index (κ1) is 25.9. The SMILES string of the molecule is CC.CC.CC.CC(C)(C)OC(=O)NCc1cccc(Br)c1. The molecule has 1 N–H and O–H groups in total. The molecule has 0 saturated carbocycles. The summed E-state index contributed by atoms with van der Waals surface area (Å²) in [6.45, 7) is 18.0. The third-order valence-electron chi connectivity index (χ3n) is 1.72. The summed E-state index contributed by atoms with van der Waals surface area (Å²) < 4.78 is 6.12. The lowest BCUT2D eigenvalue weighted by Crippen LogP contribution is -2.32. The molecule has 0 spiro atoms. The van der Waals surface area contributed by atoms with Gasteiger partial charge in [-0.15, -0.1) is 0 Å². The van der Waals surface area contributed by atoms with Gasteiger partial charge in [0.15, 0.2) is 0 Å². The van der Waals surface area contributed by atoms with Crippen molar-refractivity contribution in [2.24, 2.45) is 0 Å². The Morgan fingerprint density at radius 3 is 2.00 bits per heavy atom. The molecule has 4 heteroatoms. The van der Waals surface area contributed by atoms with Crippen LogP contribution in [0.3, 0.4) is 0 Å². The van der Waals surface area contributed by atoms with Gasteiger partial charge >= 0.3 is 6.09 Å². The first-order valence-electron chi connectivity index (χ1n) is 8.08. The number of hydrogen-bond acceptors (Lipinski definition) is 2.